The zero-order valence-electron chi connectivity index (χ0n) is 14.4. The third-order valence-corrected chi connectivity index (χ3v) is 6.55. The number of nitrogens with zero attached hydrogens (tertiary/aromatic N) is 2. The van der Waals surface area contributed by atoms with Crippen LogP contribution in [0.1, 0.15) is 30.9 Å². The zero-order valence-corrected chi connectivity index (χ0v) is 15.2. The predicted octanol–water partition coefficient (Wildman–Crippen LogP) is 2.33. The average molecular weight is 338 g/mol. The van der Waals surface area contributed by atoms with Crippen LogP contribution < -0.4 is 4.90 Å². The van der Waals surface area contributed by atoms with Gasteiger partial charge in [0.05, 0.1) is 11.7 Å². The molecule has 1 atom stereocenters. The Hall–Kier alpha value is -1.40. The van der Waals surface area contributed by atoms with E-state index in [1.54, 1.807) is 18.9 Å². The molecule has 0 aliphatic carbocycles. The minimum Gasteiger partial charge on any atom is -0.315 e. The van der Waals surface area contributed by atoms with Gasteiger partial charge in [0.15, 0.2) is 0 Å². The fourth-order valence-electron chi connectivity index (χ4n) is 2.91. The summed E-state index contributed by atoms with van der Waals surface area (Å²) in [4.78, 5) is 14.4. The molecule has 1 aliphatic heterocycles. The van der Waals surface area contributed by atoms with Gasteiger partial charge in [0.2, 0.25) is 15.9 Å². The maximum absolute atomic E-state index is 12.8. The number of carbonyl (C=O) groups excluding carboxylic acids is 1. The topological polar surface area (TPSA) is 57.7 Å². The van der Waals surface area contributed by atoms with Crippen molar-refractivity contribution >= 4 is 21.6 Å². The van der Waals surface area contributed by atoms with Crippen molar-refractivity contribution in [2.24, 2.45) is 5.92 Å². The first kappa shape index (κ1) is 17.9. The minimum atomic E-state index is -3.23. The summed E-state index contributed by atoms with van der Waals surface area (Å²) in [6, 6.07) is 5.93. The molecule has 0 spiro atoms. The van der Waals surface area contributed by atoms with Gasteiger partial charge in [0.1, 0.15) is 0 Å². The van der Waals surface area contributed by atoms with Crippen molar-refractivity contribution in [1.82, 2.24) is 4.31 Å². The highest BCUT2D eigenvalue weighted by molar-refractivity contribution is 7.89. The molecule has 0 aromatic heterocycles. The first-order chi connectivity index (χ1) is 10.8. The van der Waals surface area contributed by atoms with Gasteiger partial charge >= 0.3 is 0 Å². The summed E-state index contributed by atoms with van der Waals surface area (Å²) >= 11 is 0. The highest BCUT2D eigenvalue weighted by Crippen LogP contribution is 2.24. The third kappa shape index (κ3) is 3.93. The minimum absolute atomic E-state index is 0.00995. The summed E-state index contributed by atoms with van der Waals surface area (Å²) in [5, 5.41) is 0. The van der Waals surface area contributed by atoms with Gasteiger partial charge in [0, 0.05) is 25.8 Å². The molecule has 0 unspecified atom stereocenters. The van der Waals surface area contributed by atoms with Crippen molar-refractivity contribution in [2.45, 2.75) is 33.6 Å². The second-order valence-corrected chi connectivity index (χ2v) is 8.52. The standard InChI is InChI=1S/C17H26N2O3S/c1-5-23(21,22)19-10-6-7-15(12-19)17(20)18(4)16-9-8-13(2)14(3)11-16/h8-9,11,15H,5-7,10,12H2,1-4H3/t15-/m0/s1. The smallest absolute Gasteiger partial charge is 0.231 e. The van der Waals surface area contributed by atoms with E-state index in [9.17, 15) is 13.2 Å². The molecule has 0 radical (unpaired) electrons. The summed E-state index contributed by atoms with van der Waals surface area (Å²) in [5.41, 5.74) is 3.18. The second-order valence-electron chi connectivity index (χ2n) is 6.26. The molecule has 1 saturated heterocycles. The lowest BCUT2D eigenvalue weighted by Gasteiger charge is -2.33. The van der Waals surface area contributed by atoms with Gasteiger partial charge in [0.25, 0.3) is 0 Å². The van der Waals surface area contributed by atoms with Crippen molar-refractivity contribution in [1.29, 1.82) is 0 Å². The van der Waals surface area contributed by atoms with E-state index in [1.165, 1.54) is 9.87 Å². The van der Waals surface area contributed by atoms with Crippen molar-refractivity contribution in [3.63, 3.8) is 0 Å². The summed E-state index contributed by atoms with van der Waals surface area (Å²) in [6.07, 6.45) is 1.47. The zero-order chi connectivity index (χ0) is 17.2. The molecule has 1 heterocycles. The Morgan fingerprint density at radius 3 is 2.61 bits per heavy atom. The largest absolute Gasteiger partial charge is 0.315 e. The Kier molecular flexibility index (Phi) is 5.47. The highest BCUT2D eigenvalue weighted by atomic mass is 32.2. The van der Waals surface area contributed by atoms with Gasteiger partial charge in [-0.25, -0.2) is 12.7 Å². The van der Waals surface area contributed by atoms with Gasteiger partial charge in [-0.3, -0.25) is 4.79 Å². The number of hydrogen-bond acceptors (Lipinski definition) is 3. The van der Waals surface area contributed by atoms with E-state index in [2.05, 4.69) is 0 Å². The number of anilines is 1. The SMILES string of the molecule is CCS(=O)(=O)N1CCC[C@H](C(=O)N(C)c2ccc(C)c(C)c2)C1. The van der Waals surface area contributed by atoms with Crippen LogP contribution in [0.2, 0.25) is 0 Å². The first-order valence-electron chi connectivity index (χ1n) is 8.09. The van der Waals surface area contributed by atoms with E-state index < -0.39 is 10.0 Å². The van der Waals surface area contributed by atoms with Crippen molar-refractivity contribution in [3.05, 3.63) is 29.3 Å². The van der Waals surface area contributed by atoms with Crippen LogP contribution in [0.5, 0.6) is 0 Å². The van der Waals surface area contributed by atoms with Crippen LogP contribution in [0, 0.1) is 19.8 Å². The normalized spacial score (nSPS) is 19.6. The summed E-state index contributed by atoms with van der Waals surface area (Å²) in [6.45, 7) is 6.52. The van der Waals surface area contributed by atoms with E-state index in [-0.39, 0.29) is 17.6 Å². The van der Waals surface area contributed by atoms with Crippen molar-refractivity contribution in [2.75, 3.05) is 30.8 Å². The van der Waals surface area contributed by atoms with Gasteiger partial charge in [-0.1, -0.05) is 6.07 Å². The molecular weight excluding hydrogens is 312 g/mol. The lowest BCUT2D eigenvalue weighted by Crippen LogP contribution is -2.46. The lowest BCUT2D eigenvalue weighted by molar-refractivity contribution is -0.123. The summed E-state index contributed by atoms with van der Waals surface area (Å²) < 4.78 is 25.6. The molecule has 128 valence electrons. The van der Waals surface area contributed by atoms with Crippen LogP contribution in [0.15, 0.2) is 18.2 Å². The van der Waals surface area contributed by atoms with Crippen LogP contribution in [0.25, 0.3) is 0 Å². The molecule has 1 aromatic carbocycles. The average Bonchev–Trinajstić information content (AvgIpc) is 2.56. The molecule has 1 amide bonds. The Morgan fingerprint density at radius 1 is 1.30 bits per heavy atom. The molecular formula is C17H26N2O3S. The predicted molar refractivity (Wildman–Crippen MR) is 93.1 cm³/mol. The number of hydrogen-bond donors (Lipinski definition) is 0. The first-order valence-corrected chi connectivity index (χ1v) is 9.70. The summed E-state index contributed by atoms with van der Waals surface area (Å²) in [7, 11) is -1.46. The number of piperidine rings is 1. The maximum Gasteiger partial charge on any atom is 0.231 e. The van der Waals surface area contributed by atoms with Crippen LogP contribution in [0.4, 0.5) is 5.69 Å². The van der Waals surface area contributed by atoms with Gasteiger partial charge < -0.3 is 4.90 Å². The van der Waals surface area contributed by atoms with E-state index in [1.807, 2.05) is 32.0 Å². The Balaban J connectivity index is 2.14. The third-order valence-electron chi connectivity index (χ3n) is 4.70. The Morgan fingerprint density at radius 2 is 2.00 bits per heavy atom. The van der Waals surface area contributed by atoms with Crippen molar-refractivity contribution in [3.8, 4) is 0 Å². The number of sulfonamides is 1. The van der Waals surface area contributed by atoms with Crippen molar-refractivity contribution < 1.29 is 13.2 Å². The van der Waals surface area contributed by atoms with Crippen LogP contribution >= 0.6 is 0 Å². The van der Waals surface area contributed by atoms with E-state index in [4.69, 9.17) is 0 Å². The number of carbonyl (C=O) groups is 1. The number of amides is 1. The van der Waals surface area contributed by atoms with Gasteiger partial charge in [-0.15, -0.1) is 0 Å². The molecule has 0 saturated carbocycles. The van der Waals surface area contributed by atoms with E-state index in [0.717, 1.165) is 24.1 Å². The maximum atomic E-state index is 12.8. The quantitative estimate of drug-likeness (QED) is 0.846. The monoisotopic (exact) mass is 338 g/mol. The molecule has 0 N–H and O–H groups in total. The highest BCUT2D eigenvalue weighted by Gasteiger charge is 2.33. The van der Waals surface area contributed by atoms with Gasteiger partial charge in [-0.2, -0.15) is 0 Å². The molecule has 0 bridgehead atoms. The fraction of sp³-hybridized carbons (Fsp3) is 0.588. The second kappa shape index (κ2) is 7.01. The molecule has 1 fully saturated rings. The number of rotatable bonds is 4. The van der Waals surface area contributed by atoms with Crippen LogP contribution in [-0.4, -0.2) is 44.5 Å². The number of aryl methyl sites for hydroxylation is 2. The molecule has 5 nitrogen and oxygen atoms in total. The lowest BCUT2D eigenvalue weighted by atomic mass is 9.98. The number of benzene rings is 1. The van der Waals surface area contributed by atoms with Crippen LogP contribution in [0.3, 0.4) is 0 Å². The Bertz CT molecular complexity index is 685. The van der Waals surface area contributed by atoms with E-state index >= 15 is 0 Å². The van der Waals surface area contributed by atoms with E-state index in [0.29, 0.717) is 13.1 Å². The molecule has 1 aliphatic rings. The molecule has 2 rings (SSSR count). The summed E-state index contributed by atoms with van der Waals surface area (Å²) in [5.74, 6) is -0.193. The molecule has 23 heavy (non-hydrogen) atoms. The fourth-order valence-corrected chi connectivity index (χ4v) is 4.09. The van der Waals surface area contributed by atoms with Crippen LogP contribution in [-0.2, 0) is 14.8 Å². The van der Waals surface area contributed by atoms with Gasteiger partial charge in [-0.05, 0) is 56.9 Å². The molecule has 6 heteroatoms. The Labute approximate surface area is 139 Å². The molecule has 1 aromatic rings.